The zero-order valence-corrected chi connectivity index (χ0v) is 9.74. The molecule has 1 aromatic carbocycles. The van der Waals surface area contributed by atoms with E-state index in [-0.39, 0.29) is 0 Å². The Morgan fingerprint density at radius 2 is 1.86 bits per heavy atom. The third-order valence-corrected chi connectivity index (χ3v) is 2.81. The summed E-state index contributed by atoms with van der Waals surface area (Å²) in [4.78, 5) is 2.01. The molecule has 0 N–H and O–H groups in total. The van der Waals surface area contributed by atoms with Gasteiger partial charge in [0.2, 0.25) is 0 Å². The molecule has 0 aliphatic heterocycles. The molecule has 0 bridgehead atoms. The molecule has 0 atom stereocenters. The van der Waals surface area contributed by atoms with Gasteiger partial charge in [-0.1, -0.05) is 22.9 Å². The summed E-state index contributed by atoms with van der Waals surface area (Å²) in [6.45, 7) is 3.48. The highest BCUT2D eigenvalue weighted by Gasteiger charge is 2.08. The van der Waals surface area contributed by atoms with Gasteiger partial charge in [-0.05, 0) is 31.3 Å². The van der Waals surface area contributed by atoms with Gasteiger partial charge in [0.25, 0.3) is 0 Å². The van der Waals surface area contributed by atoms with Crippen LogP contribution in [0.2, 0.25) is 0 Å². The van der Waals surface area contributed by atoms with Crippen LogP contribution >= 0.6 is 15.9 Å². The van der Waals surface area contributed by atoms with Crippen molar-refractivity contribution in [1.82, 2.24) is 4.90 Å². The van der Waals surface area contributed by atoms with Crippen LogP contribution in [0, 0.1) is 11.6 Å². The Bertz CT molecular complexity index is 328. The van der Waals surface area contributed by atoms with E-state index in [4.69, 9.17) is 0 Å². The van der Waals surface area contributed by atoms with Crippen LogP contribution in [-0.2, 0) is 6.54 Å². The van der Waals surface area contributed by atoms with E-state index < -0.39 is 11.6 Å². The summed E-state index contributed by atoms with van der Waals surface area (Å²) in [6.07, 6.45) is 0. The highest BCUT2D eigenvalue weighted by Crippen LogP contribution is 2.21. The first kappa shape index (κ1) is 11.6. The lowest BCUT2D eigenvalue weighted by Gasteiger charge is -2.15. The van der Waals surface area contributed by atoms with Crippen LogP contribution in [0.1, 0.15) is 12.5 Å². The number of rotatable bonds is 3. The summed E-state index contributed by atoms with van der Waals surface area (Å²) < 4.78 is 26.3. The van der Waals surface area contributed by atoms with E-state index in [1.54, 1.807) is 0 Å². The van der Waals surface area contributed by atoms with Gasteiger partial charge >= 0.3 is 0 Å². The van der Waals surface area contributed by atoms with Crippen LogP contribution < -0.4 is 0 Å². The van der Waals surface area contributed by atoms with Crippen molar-refractivity contribution in [1.29, 1.82) is 0 Å². The van der Waals surface area contributed by atoms with Gasteiger partial charge in [-0.15, -0.1) is 0 Å². The predicted octanol–water partition coefficient (Wildman–Crippen LogP) is 3.18. The summed E-state index contributed by atoms with van der Waals surface area (Å²) in [5, 5.41) is 0. The molecule has 0 unspecified atom stereocenters. The van der Waals surface area contributed by atoms with Crippen LogP contribution in [0.4, 0.5) is 8.78 Å². The lowest BCUT2D eigenvalue weighted by Crippen LogP contribution is -2.17. The van der Waals surface area contributed by atoms with Gasteiger partial charge in [-0.3, -0.25) is 0 Å². The fraction of sp³-hybridized carbons (Fsp3) is 0.400. The number of halogens is 3. The molecule has 0 fully saturated rings. The third-order valence-electron chi connectivity index (χ3n) is 2.07. The van der Waals surface area contributed by atoms with E-state index in [1.807, 2.05) is 18.9 Å². The second-order valence-electron chi connectivity index (χ2n) is 3.19. The number of benzene rings is 1. The van der Waals surface area contributed by atoms with Gasteiger partial charge in [0.1, 0.15) is 0 Å². The van der Waals surface area contributed by atoms with Crippen molar-refractivity contribution < 1.29 is 8.78 Å². The van der Waals surface area contributed by atoms with Gasteiger partial charge in [-0.25, -0.2) is 8.78 Å². The average molecular weight is 264 g/mol. The highest BCUT2D eigenvalue weighted by atomic mass is 79.9. The van der Waals surface area contributed by atoms with Crippen molar-refractivity contribution in [3.05, 3.63) is 33.8 Å². The van der Waals surface area contributed by atoms with Crippen molar-refractivity contribution in [2.24, 2.45) is 0 Å². The second-order valence-corrected chi connectivity index (χ2v) is 4.04. The minimum absolute atomic E-state index is 0.605. The van der Waals surface area contributed by atoms with Crippen LogP contribution in [-0.4, -0.2) is 18.5 Å². The lowest BCUT2D eigenvalue weighted by atomic mass is 10.2. The maximum absolute atomic E-state index is 12.9. The maximum Gasteiger partial charge on any atom is 0.159 e. The van der Waals surface area contributed by atoms with E-state index in [1.165, 1.54) is 6.07 Å². The molecule has 4 heteroatoms. The molecular weight excluding hydrogens is 252 g/mol. The van der Waals surface area contributed by atoms with Crippen LogP contribution in [0.5, 0.6) is 0 Å². The molecule has 0 radical (unpaired) electrons. The molecule has 78 valence electrons. The monoisotopic (exact) mass is 263 g/mol. The van der Waals surface area contributed by atoms with Gasteiger partial charge in [-0.2, -0.15) is 0 Å². The zero-order valence-electron chi connectivity index (χ0n) is 8.15. The van der Waals surface area contributed by atoms with Crippen LogP contribution in [0.15, 0.2) is 16.6 Å². The summed E-state index contributed by atoms with van der Waals surface area (Å²) in [6, 6.07) is 2.39. The van der Waals surface area contributed by atoms with Crippen molar-refractivity contribution in [2.75, 3.05) is 13.6 Å². The third kappa shape index (κ3) is 2.75. The van der Waals surface area contributed by atoms with Gasteiger partial charge in [0.15, 0.2) is 11.6 Å². The average Bonchev–Trinajstić information content (AvgIpc) is 2.14. The SMILES string of the molecule is CCN(C)Cc1cc(F)c(F)cc1Br. The highest BCUT2D eigenvalue weighted by molar-refractivity contribution is 9.10. The molecule has 0 saturated heterocycles. The minimum Gasteiger partial charge on any atom is -0.302 e. The van der Waals surface area contributed by atoms with E-state index in [0.29, 0.717) is 11.0 Å². The molecule has 14 heavy (non-hydrogen) atoms. The van der Waals surface area contributed by atoms with Crippen LogP contribution in [0.25, 0.3) is 0 Å². The first-order valence-corrected chi connectivity index (χ1v) is 5.15. The molecule has 1 aromatic rings. The molecule has 1 nitrogen and oxygen atoms in total. The summed E-state index contributed by atoms with van der Waals surface area (Å²) >= 11 is 3.21. The van der Waals surface area contributed by atoms with Crippen molar-refractivity contribution in [3.8, 4) is 0 Å². The van der Waals surface area contributed by atoms with Crippen molar-refractivity contribution in [2.45, 2.75) is 13.5 Å². The normalized spacial score (nSPS) is 11.0. The summed E-state index contributed by atoms with van der Waals surface area (Å²) in [7, 11) is 1.92. The molecular formula is C10H12BrF2N. The maximum atomic E-state index is 12.9. The Balaban J connectivity index is 2.92. The van der Waals surface area contributed by atoms with E-state index in [0.717, 1.165) is 18.2 Å². The fourth-order valence-corrected chi connectivity index (χ4v) is 1.53. The Morgan fingerprint density at radius 1 is 1.29 bits per heavy atom. The number of nitrogens with zero attached hydrogens (tertiary/aromatic N) is 1. The van der Waals surface area contributed by atoms with E-state index in [2.05, 4.69) is 15.9 Å². The fourth-order valence-electron chi connectivity index (χ4n) is 1.09. The number of hydrogen-bond acceptors (Lipinski definition) is 1. The van der Waals surface area contributed by atoms with E-state index >= 15 is 0 Å². The molecule has 0 heterocycles. The second kappa shape index (κ2) is 4.84. The molecule has 0 aromatic heterocycles. The molecule has 0 aliphatic carbocycles. The van der Waals surface area contributed by atoms with Crippen molar-refractivity contribution >= 4 is 15.9 Å². The summed E-state index contributed by atoms with van der Waals surface area (Å²) in [5.41, 5.74) is 0.758. The van der Waals surface area contributed by atoms with Crippen LogP contribution in [0.3, 0.4) is 0 Å². The Kier molecular flexibility index (Phi) is 4.01. The molecule has 0 saturated carbocycles. The minimum atomic E-state index is -0.820. The molecule has 0 spiro atoms. The standard InChI is InChI=1S/C10H12BrF2N/c1-3-14(2)6-7-4-9(12)10(13)5-8(7)11/h4-5H,3,6H2,1-2H3. The Morgan fingerprint density at radius 3 is 2.43 bits per heavy atom. The molecule has 1 rings (SSSR count). The van der Waals surface area contributed by atoms with Gasteiger partial charge < -0.3 is 4.90 Å². The lowest BCUT2D eigenvalue weighted by molar-refractivity contribution is 0.343. The Hall–Kier alpha value is -0.480. The van der Waals surface area contributed by atoms with Gasteiger partial charge in [0.05, 0.1) is 0 Å². The quantitative estimate of drug-likeness (QED) is 0.758. The number of hydrogen-bond donors (Lipinski definition) is 0. The summed E-state index contributed by atoms with van der Waals surface area (Å²) in [5.74, 6) is -1.62. The Labute approximate surface area is 90.8 Å². The van der Waals surface area contributed by atoms with Crippen molar-refractivity contribution in [3.63, 3.8) is 0 Å². The van der Waals surface area contributed by atoms with Gasteiger partial charge in [0, 0.05) is 11.0 Å². The largest absolute Gasteiger partial charge is 0.302 e. The zero-order chi connectivity index (χ0) is 10.7. The first-order valence-electron chi connectivity index (χ1n) is 4.36. The molecule has 0 aliphatic rings. The molecule has 0 amide bonds. The first-order chi connectivity index (χ1) is 6.54. The van der Waals surface area contributed by atoms with E-state index in [9.17, 15) is 8.78 Å². The smallest absolute Gasteiger partial charge is 0.159 e. The predicted molar refractivity (Wildman–Crippen MR) is 56.1 cm³/mol. The topological polar surface area (TPSA) is 3.24 Å².